The average Bonchev–Trinajstić information content (AvgIpc) is 3.78. The van der Waals surface area contributed by atoms with E-state index in [4.69, 9.17) is 9.72 Å². The first-order valence-electron chi connectivity index (χ1n) is 14.3. The predicted molar refractivity (Wildman–Crippen MR) is 151 cm³/mol. The topological polar surface area (TPSA) is 122 Å². The largest absolute Gasteiger partial charge is 0.368 e. The van der Waals surface area contributed by atoms with E-state index in [2.05, 4.69) is 19.8 Å². The van der Waals surface area contributed by atoms with Crippen LogP contribution in [-0.2, 0) is 19.6 Å². The first-order valence-corrected chi connectivity index (χ1v) is 16.6. The van der Waals surface area contributed by atoms with E-state index in [0.717, 1.165) is 49.1 Å². The van der Waals surface area contributed by atoms with E-state index in [1.807, 2.05) is 11.8 Å². The van der Waals surface area contributed by atoms with Crippen molar-refractivity contribution in [2.75, 3.05) is 38.2 Å². The Labute approximate surface area is 246 Å². The molecule has 1 aliphatic heterocycles. The number of nitrogens with zero attached hydrogens (tertiary/aromatic N) is 6. The van der Waals surface area contributed by atoms with Gasteiger partial charge in [0.05, 0.1) is 11.4 Å². The molecule has 4 aliphatic rings. The van der Waals surface area contributed by atoms with Crippen LogP contribution in [0.15, 0.2) is 17.2 Å². The number of amides is 1. The average molecular weight is 622 g/mol. The molecule has 3 aromatic rings. The van der Waals surface area contributed by atoms with Crippen molar-refractivity contribution in [1.82, 2.24) is 29.2 Å². The summed E-state index contributed by atoms with van der Waals surface area (Å²) >= 11 is 0.801. The molecule has 15 heteroatoms. The number of rotatable bonds is 9. The lowest BCUT2D eigenvalue weighted by Crippen LogP contribution is -2.52. The maximum atomic E-state index is 13.7. The van der Waals surface area contributed by atoms with Crippen LogP contribution in [0.4, 0.5) is 14.5 Å². The van der Waals surface area contributed by atoms with E-state index in [1.54, 1.807) is 17.6 Å². The van der Waals surface area contributed by atoms with Crippen LogP contribution in [0.1, 0.15) is 74.9 Å². The SMILES string of the molecule is COC1(C(=O)N2CCN(c3cc(S(=O)(=O)NC4(C)CC4)cn4c(-c5nnc(C(F)F)s5)c(C5CCC5)nc34)CC2)CC1. The van der Waals surface area contributed by atoms with Gasteiger partial charge in [0.1, 0.15) is 16.2 Å². The van der Waals surface area contributed by atoms with E-state index in [-0.39, 0.29) is 21.7 Å². The van der Waals surface area contributed by atoms with Crippen LogP contribution in [-0.4, -0.2) is 83.2 Å². The zero-order valence-corrected chi connectivity index (χ0v) is 25.1. The van der Waals surface area contributed by atoms with Crippen molar-refractivity contribution in [1.29, 1.82) is 0 Å². The molecule has 4 fully saturated rings. The van der Waals surface area contributed by atoms with Crippen LogP contribution in [0.25, 0.3) is 16.3 Å². The van der Waals surface area contributed by atoms with E-state index in [9.17, 15) is 22.0 Å². The van der Waals surface area contributed by atoms with Crippen LogP contribution in [0.3, 0.4) is 0 Å². The molecule has 11 nitrogen and oxygen atoms in total. The molecule has 42 heavy (non-hydrogen) atoms. The van der Waals surface area contributed by atoms with E-state index >= 15 is 0 Å². The maximum absolute atomic E-state index is 13.7. The lowest BCUT2D eigenvalue weighted by Gasteiger charge is -2.37. The van der Waals surface area contributed by atoms with Gasteiger partial charge in [-0.15, -0.1) is 10.2 Å². The molecular weight excluding hydrogens is 588 g/mol. The Kier molecular flexibility index (Phi) is 6.61. The van der Waals surface area contributed by atoms with Gasteiger partial charge >= 0.3 is 0 Å². The number of fused-ring (bicyclic) bond motifs is 1. The van der Waals surface area contributed by atoms with Crippen molar-refractivity contribution in [2.45, 2.75) is 80.2 Å². The highest BCUT2D eigenvalue weighted by molar-refractivity contribution is 7.89. The summed E-state index contributed by atoms with van der Waals surface area (Å²) in [5.74, 6) is 0.114. The van der Waals surface area contributed by atoms with Crippen molar-refractivity contribution in [3.63, 3.8) is 0 Å². The molecule has 0 spiro atoms. The Morgan fingerprint density at radius 3 is 2.40 bits per heavy atom. The zero-order chi connectivity index (χ0) is 29.4. The fraction of sp³-hybridized carbons (Fsp3) is 0.630. The minimum Gasteiger partial charge on any atom is -0.368 e. The molecule has 1 amide bonds. The number of halogens is 2. The number of sulfonamides is 1. The van der Waals surface area contributed by atoms with Crippen molar-refractivity contribution in [3.8, 4) is 10.7 Å². The number of carbonyl (C=O) groups is 1. The van der Waals surface area contributed by atoms with Gasteiger partial charge in [0.2, 0.25) is 10.0 Å². The molecule has 3 saturated carbocycles. The molecule has 3 aliphatic carbocycles. The molecule has 0 aromatic carbocycles. The minimum absolute atomic E-state index is 0.00512. The summed E-state index contributed by atoms with van der Waals surface area (Å²) < 4.78 is 64.3. The number of alkyl halides is 2. The number of aromatic nitrogens is 4. The summed E-state index contributed by atoms with van der Waals surface area (Å²) in [7, 11) is -2.35. The molecule has 0 radical (unpaired) electrons. The number of hydrogen-bond acceptors (Lipinski definition) is 9. The van der Waals surface area contributed by atoms with Crippen LogP contribution in [0.5, 0.6) is 0 Å². The monoisotopic (exact) mass is 621 g/mol. The quantitative estimate of drug-likeness (QED) is 0.384. The Bertz CT molecular complexity index is 1650. The van der Waals surface area contributed by atoms with Gasteiger partial charge in [-0.2, -0.15) is 0 Å². The van der Waals surface area contributed by atoms with E-state index in [0.29, 0.717) is 56.0 Å². The number of hydrogen-bond donors (Lipinski definition) is 1. The normalized spacial score (nSPS) is 21.6. The highest BCUT2D eigenvalue weighted by Crippen LogP contribution is 2.45. The molecule has 3 aromatic heterocycles. The number of anilines is 1. The molecule has 0 unspecified atom stereocenters. The number of nitrogens with one attached hydrogen (secondary N) is 1. The van der Waals surface area contributed by atoms with Crippen LogP contribution in [0, 0.1) is 0 Å². The van der Waals surface area contributed by atoms with Gasteiger partial charge in [-0.05, 0) is 51.5 Å². The van der Waals surface area contributed by atoms with Crippen molar-refractivity contribution >= 4 is 38.6 Å². The molecular formula is C27H33F2N7O4S2. The summed E-state index contributed by atoms with van der Waals surface area (Å²) in [5.41, 5.74) is 1.19. The molecule has 0 bridgehead atoms. The standard InChI is InChI=1S/C27H33F2N7O4S2/c1-26(6-7-26)33-42(38,39)17-14-18(34-10-12-35(13-11-34)25(37)27(40-2)8-9-27)22-30-19(16-4-3-5-16)20(36(22)15-17)23-31-32-24(41-23)21(28)29/h14-16,21,33H,3-13H2,1-2H3. The molecule has 1 N–H and O–H groups in total. The number of imidazole rings is 1. The number of piperazine rings is 1. The van der Waals surface area contributed by atoms with Gasteiger partial charge in [0, 0.05) is 50.9 Å². The molecule has 1 saturated heterocycles. The van der Waals surface area contributed by atoms with Gasteiger partial charge in [-0.25, -0.2) is 26.9 Å². The highest BCUT2D eigenvalue weighted by atomic mass is 32.2. The second-order valence-corrected chi connectivity index (χ2v) is 14.8. The highest BCUT2D eigenvalue weighted by Gasteiger charge is 2.52. The number of carbonyl (C=O) groups excluding carboxylic acids is 1. The molecule has 226 valence electrons. The third kappa shape index (κ3) is 4.77. The number of methoxy groups -OCH3 is 1. The van der Waals surface area contributed by atoms with Crippen LogP contribution >= 0.6 is 11.3 Å². The Balaban J connectivity index is 1.33. The van der Waals surface area contributed by atoms with Crippen LogP contribution < -0.4 is 9.62 Å². The second kappa shape index (κ2) is 9.89. The van der Waals surface area contributed by atoms with Crippen molar-refractivity contribution in [2.24, 2.45) is 0 Å². The maximum Gasteiger partial charge on any atom is 0.291 e. The Morgan fingerprint density at radius 2 is 1.86 bits per heavy atom. The lowest BCUT2D eigenvalue weighted by molar-refractivity contribution is -0.144. The third-order valence-electron chi connectivity index (χ3n) is 9.11. The second-order valence-electron chi connectivity index (χ2n) is 12.1. The predicted octanol–water partition coefficient (Wildman–Crippen LogP) is 3.72. The van der Waals surface area contributed by atoms with E-state index < -0.39 is 32.6 Å². The minimum atomic E-state index is -3.92. The summed E-state index contributed by atoms with van der Waals surface area (Å²) in [4.78, 5) is 22.0. The summed E-state index contributed by atoms with van der Waals surface area (Å²) in [6.07, 6.45) is 4.54. The van der Waals surface area contributed by atoms with Gasteiger partial charge in [-0.1, -0.05) is 17.8 Å². The smallest absolute Gasteiger partial charge is 0.291 e. The van der Waals surface area contributed by atoms with E-state index in [1.165, 1.54) is 6.20 Å². The summed E-state index contributed by atoms with van der Waals surface area (Å²) in [5, 5.41) is 7.70. The Hall–Kier alpha value is -2.75. The first-order chi connectivity index (χ1) is 20.0. The third-order valence-corrected chi connectivity index (χ3v) is 11.7. The molecule has 7 rings (SSSR count). The van der Waals surface area contributed by atoms with Crippen molar-refractivity contribution in [3.05, 3.63) is 23.0 Å². The number of pyridine rings is 1. The van der Waals surface area contributed by atoms with Gasteiger partial charge < -0.3 is 14.5 Å². The van der Waals surface area contributed by atoms with Gasteiger partial charge in [-0.3, -0.25) is 9.20 Å². The molecule has 4 heterocycles. The Morgan fingerprint density at radius 1 is 1.14 bits per heavy atom. The first kappa shape index (κ1) is 28.0. The zero-order valence-electron chi connectivity index (χ0n) is 23.5. The lowest BCUT2D eigenvalue weighted by atomic mass is 9.82. The fourth-order valence-electron chi connectivity index (χ4n) is 5.83. The fourth-order valence-corrected chi connectivity index (χ4v) is 8.06. The summed E-state index contributed by atoms with van der Waals surface area (Å²) in [6.45, 7) is 3.74. The summed E-state index contributed by atoms with van der Waals surface area (Å²) in [6, 6.07) is 1.64. The number of ether oxygens (including phenoxy) is 1. The van der Waals surface area contributed by atoms with Gasteiger partial charge in [0.25, 0.3) is 12.3 Å². The van der Waals surface area contributed by atoms with Crippen molar-refractivity contribution < 1.29 is 26.7 Å². The molecule has 0 atom stereocenters. The van der Waals surface area contributed by atoms with Gasteiger partial charge in [0.15, 0.2) is 15.7 Å². The van der Waals surface area contributed by atoms with Crippen LogP contribution in [0.2, 0.25) is 0 Å².